The van der Waals surface area contributed by atoms with Gasteiger partial charge < -0.3 is 14.5 Å². The minimum absolute atomic E-state index is 0.0215. The van der Waals surface area contributed by atoms with Gasteiger partial charge in [0, 0.05) is 11.7 Å². The molecule has 0 aliphatic heterocycles. The largest absolute Gasteiger partial charge is 0.493 e. The molecule has 0 radical (unpaired) electrons. The number of ether oxygens (including phenoxy) is 1. The number of benzene rings is 3. The molecule has 0 unspecified atom stereocenters. The zero-order valence-electron chi connectivity index (χ0n) is 30.3. The van der Waals surface area contributed by atoms with E-state index < -0.39 is 7.60 Å². The molecule has 2 N–H and O–H groups in total. The molecule has 0 saturated carbocycles. The van der Waals surface area contributed by atoms with Crippen molar-refractivity contribution in [2.24, 2.45) is 0 Å². The van der Waals surface area contributed by atoms with E-state index in [1.54, 1.807) is 0 Å². The molecule has 0 amide bonds. The van der Waals surface area contributed by atoms with Gasteiger partial charge in [-0.25, -0.2) is 0 Å². The maximum absolute atomic E-state index is 11.0. The van der Waals surface area contributed by atoms with Crippen LogP contribution in [0, 0.1) is 0 Å². The first-order valence-corrected chi connectivity index (χ1v) is 21.2. The van der Waals surface area contributed by atoms with Gasteiger partial charge in [-0.3, -0.25) is 4.57 Å². The fraction of sp³-hybridized carbons (Fsp3) is 0.581. The lowest BCUT2D eigenvalue weighted by Gasteiger charge is -2.15. The van der Waals surface area contributed by atoms with E-state index in [0.29, 0.717) is 13.0 Å². The van der Waals surface area contributed by atoms with Crippen molar-refractivity contribution >= 4 is 7.60 Å². The molecule has 266 valence electrons. The number of unbranched alkanes of at least 4 members (excludes halogenated alkanes) is 16. The molecule has 0 bridgehead atoms. The fourth-order valence-corrected chi connectivity index (χ4v) is 7.11. The van der Waals surface area contributed by atoms with Crippen LogP contribution in [-0.2, 0) is 17.4 Å². The second-order valence-corrected chi connectivity index (χ2v) is 15.6. The quantitative estimate of drug-likeness (QED) is 0.0623. The van der Waals surface area contributed by atoms with Crippen molar-refractivity contribution in [3.05, 3.63) is 77.9 Å². The van der Waals surface area contributed by atoms with Crippen molar-refractivity contribution in [3.8, 4) is 28.0 Å². The maximum atomic E-state index is 11.0. The van der Waals surface area contributed by atoms with Gasteiger partial charge in [0.05, 0.1) is 6.61 Å². The highest BCUT2D eigenvalue weighted by Crippen LogP contribution is 2.36. The lowest BCUT2D eigenvalue weighted by molar-refractivity contribution is 0.305. The average molecular weight is 677 g/mol. The van der Waals surface area contributed by atoms with Crippen LogP contribution in [0.3, 0.4) is 0 Å². The summed E-state index contributed by atoms with van der Waals surface area (Å²) >= 11 is 0. The summed E-state index contributed by atoms with van der Waals surface area (Å²) in [6, 6.07) is 25.0. The van der Waals surface area contributed by atoms with Crippen molar-refractivity contribution in [1.29, 1.82) is 0 Å². The molecule has 0 saturated heterocycles. The molecule has 0 spiro atoms. The smallest absolute Gasteiger partial charge is 0.325 e. The minimum atomic E-state index is -3.83. The zero-order chi connectivity index (χ0) is 34.3. The van der Waals surface area contributed by atoms with Gasteiger partial charge in [-0.05, 0) is 72.4 Å². The van der Waals surface area contributed by atoms with Gasteiger partial charge in [0.25, 0.3) is 0 Å². The molecule has 5 heteroatoms. The first-order valence-electron chi connectivity index (χ1n) is 19.4. The Morgan fingerprint density at radius 1 is 0.500 bits per heavy atom. The fourth-order valence-electron chi connectivity index (χ4n) is 6.48. The summed E-state index contributed by atoms with van der Waals surface area (Å²) in [7, 11) is -3.83. The monoisotopic (exact) mass is 676 g/mol. The lowest BCUT2D eigenvalue weighted by Crippen LogP contribution is -2.00. The SMILES string of the molecule is CCCCCCCc1ccc(-c2ccc(-c3ccc(CCCCCCC)cc3)c(OCCCCCCCCCCCP(=O)(O)O)c2)cc1. The molecule has 3 aromatic rings. The molecule has 0 aliphatic rings. The first kappa shape index (κ1) is 40.0. The van der Waals surface area contributed by atoms with E-state index in [2.05, 4.69) is 80.6 Å². The summed E-state index contributed by atoms with van der Waals surface area (Å²) in [6.07, 6.45) is 25.0. The second-order valence-electron chi connectivity index (χ2n) is 13.9. The van der Waals surface area contributed by atoms with Crippen molar-refractivity contribution in [3.63, 3.8) is 0 Å². The molecule has 3 aromatic carbocycles. The van der Waals surface area contributed by atoms with Crippen LogP contribution in [0.2, 0.25) is 0 Å². The van der Waals surface area contributed by atoms with Gasteiger partial charge in [0.15, 0.2) is 0 Å². The molecule has 0 atom stereocenters. The normalized spacial score (nSPS) is 11.7. The zero-order valence-corrected chi connectivity index (χ0v) is 31.2. The Morgan fingerprint density at radius 2 is 0.938 bits per heavy atom. The molecule has 4 nitrogen and oxygen atoms in total. The Kier molecular flexibility index (Phi) is 19.9. The van der Waals surface area contributed by atoms with Crippen LogP contribution >= 0.6 is 7.60 Å². The predicted octanol–water partition coefficient (Wildman–Crippen LogP) is 13.1. The van der Waals surface area contributed by atoms with E-state index in [-0.39, 0.29) is 6.16 Å². The van der Waals surface area contributed by atoms with E-state index >= 15 is 0 Å². The Hall–Kier alpha value is -2.39. The third kappa shape index (κ3) is 16.8. The number of rotatable bonds is 27. The van der Waals surface area contributed by atoms with Crippen LogP contribution in [0.5, 0.6) is 5.75 Å². The molecular formula is C43H65O4P. The van der Waals surface area contributed by atoms with Gasteiger partial charge in [0.1, 0.15) is 5.75 Å². The topological polar surface area (TPSA) is 66.8 Å². The Morgan fingerprint density at radius 3 is 1.46 bits per heavy atom. The Balaban J connectivity index is 1.55. The van der Waals surface area contributed by atoms with Crippen LogP contribution in [0.25, 0.3) is 22.3 Å². The minimum Gasteiger partial charge on any atom is -0.493 e. The number of aryl methyl sites for hydroxylation is 2. The molecule has 48 heavy (non-hydrogen) atoms. The maximum Gasteiger partial charge on any atom is 0.325 e. The molecule has 0 aliphatic carbocycles. The summed E-state index contributed by atoms with van der Waals surface area (Å²) in [4.78, 5) is 18.0. The predicted molar refractivity (Wildman–Crippen MR) is 206 cm³/mol. The van der Waals surface area contributed by atoms with Crippen LogP contribution in [0.1, 0.15) is 147 Å². The molecule has 3 rings (SSSR count). The second kappa shape index (κ2) is 23.9. The summed E-state index contributed by atoms with van der Waals surface area (Å²) in [6.45, 7) is 5.25. The van der Waals surface area contributed by atoms with E-state index in [0.717, 1.165) is 56.3 Å². The van der Waals surface area contributed by atoms with Crippen molar-refractivity contribution < 1.29 is 19.1 Å². The van der Waals surface area contributed by atoms with Gasteiger partial charge in [-0.15, -0.1) is 0 Å². The average Bonchev–Trinajstić information content (AvgIpc) is 3.08. The molecule has 0 fully saturated rings. The number of hydrogen-bond acceptors (Lipinski definition) is 2. The highest BCUT2D eigenvalue weighted by molar-refractivity contribution is 7.51. The first-order chi connectivity index (χ1) is 23.4. The van der Waals surface area contributed by atoms with Crippen LogP contribution < -0.4 is 4.74 Å². The molecular weight excluding hydrogens is 611 g/mol. The Bertz CT molecular complexity index is 1300. The van der Waals surface area contributed by atoms with Crippen LogP contribution in [-0.4, -0.2) is 22.6 Å². The van der Waals surface area contributed by atoms with Crippen molar-refractivity contribution in [2.45, 2.75) is 149 Å². The highest BCUT2D eigenvalue weighted by atomic mass is 31.2. The van der Waals surface area contributed by atoms with Crippen LogP contribution in [0.4, 0.5) is 0 Å². The summed E-state index contributed by atoms with van der Waals surface area (Å²) < 4.78 is 17.5. The molecule has 0 heterocycles. The van der Waals surface area contributed by atoms with Gasteiger partial charge in [0.2, 0.25) is 0 Å². The molecule has 0 aromatic heterocycles. The number of hydrogen-bond donors (Lipinski definition) is 2. The highest BCUT2D eigenvalue weighted by Gasteiger charge is 2.12. The van der Waals surface area contributed by atoms with Crippen molar-refractivity contribution in [1.82, 2.24) is 0 Å². The van der Waals surface area contributed by atoms with E-state index in [1.165, 1.54) is 111 Å². The third-order valence-corrected chi connectivity index (χ3v) is 10.4. The van der Waals surface area contributed by atoms with Gasteiger partial charge >= 0.3 is 7.60 Å². The standard InChI is InChI=1S/C43H65O4P/c1-3-5-7-14-18-22-37-24-28-39(29-25-37)41-32-33-42(40-30-26-38(27-31-40)23-19-15-8-6-4-2)43(36-41)47-34-20-16-12-10-9-11-13-17-21-35-48(44,45)46/h24-33,36H,3-23,34-35H2,1-2H3,(H2,44,45,46). The Labute approximate surface area is 293 Å². The lowest BCUT2D eigenvalue weighted by atomic mass is 9.96. The summed E-state index contributed by atoms with van der Waals surface area (Å²) in [5.41, 5.74) is 7.66. The third-order valence-electron chi connectivity index (χ3n) is 9.52. The summed E-state index contributed by atoms with van der Waals surface area (Å²) in [5, 5.41) is 0. The van der Waals surface area contributed by atoms with Crippen molar-refractivity contribution in [2.75, 3.05) is 12.8 Å². The van der Waals surface area contributed by atoms with Gasteiger partial charge in [-0.1, -0.05) is 171 Å². The van der Waals surface area contributed by atoms with E-state index in [1.807, 2.05) is 0 Å². The van der Waals surface area contributed by atoms with Gasteiger partial charge in [-0.2, -0.15) is 0 Å². The van der Waals surface area contributed by atoms with E-state index in [4.69, 9.17) is 14.5 Å². The summed E-state index contributed by atoms with van der Waals surface area (Å²) in [5.74, 6) is 0.968. The van der Waals surface area contributed by atoms with E-state index in [9.17, 15) is 4.57 Å². The van der Waals surface area contributed by atoms with Crippen LogP contribution in [0.15, 0.2) is 66.7 Å².